The van der Waals surface area contributed by atoms with Crippen LogP contribution in [0.4, 0.5) is 14.7 Å². The second-order valence-electron chi connectivity index (χ2n) is 9.32. The molecule has 2 fully saturated rings. The van der Waals surface area contributed by atoms with Crippen molar-refractivity contribution < 1.29 is 22.3 Å². The van der Waals surface area contributed by atoms with E-state index in [-0.39, 0.29) is 49.6 Å². The van der Waals surface area contributed by atoms with E-state index in [2.05, 4.69) is 37.5 Å². The molecule has 0 bridgehead atoms. The molecule has 1 unspecified atom stereocenters. The van der Waals surface area contributed by atoms with Gasteiger partial charge in [-0.05, 0) is 25.2 Å². The molecule has 1 aliphatic carbocycles. The van der Waals surface area contributed by atoms with E-state index in [1.807, 2.05) is 4.90 Å². The lowest BCUT2D eigenvalue weighted by molar-refractivity contribution is -0.0590. The summed E-state index contributed by atoms with van der Waals surface area (Å²) in [7, 11) is 0. The minimum absolute atomic E-state index is 0.0852. The molecule has 3 aromatic rings. The molecular formula is C21H28F2N8O3S. The van der Waals surface area contributed by atoms with Crippen LogP contribution in [-0.2, 0) is 11.1 Å². The highest BCUT2D eigenvalue weighted by atomic mass is 32.2. The molecule has 3 atom stereocenters. The van der Waals surface area contributed by atoms with Crippen molar-refractivity contribution in [2.24, 2.45) is 5.92 Å². The van der Waals surface area contributed by atoms with Crippen molar-refractivity contribution in [3.63, 3.8) is 0 Å². The van der Waals surface area contributed by atoms with E-state index in [1.165, 1.54) is 0 Å². The molecule has 1 saturated carbocycles. The van der Waals surface area contributed by atoms with Crippen LogP contribution in [0, 0.1) is 5.92 Å². The summed E-state index contributed by atoms with van der Waals surface area (Å²) in [4.78, 5) is 11.0. The monoisotopic (exact) mass is 510 g/mol. The Balaban J connectivity index is 1.39. The lowest BCUT2D eigenvalue weighted by Crippen LogP contribution is -2.46. The van der Waals surface area contributed by atoms with E-state index >= 15 is 0 Å². The van der Waals surface area contributed by atoms with Gasteiger partial charge >= 0.3 is 0 Å². The third-order valence-electron chi connectivity index (χ3n) is 6.65. The second-order valence-corrected chi connectivity index (χ2v) is 10.2. The molecule has 3 N–H and O–H groups in total. The fourth-order valence-corrected chi connectivity index (χ4v) is 5.30. The quantitative estimate of drug-likeness (QED) is 0.410. The summed E-state index contributed by atoms with van der Waals surface area (Å²) in [5.41, 5.74) is 1.66. The van der Waals surface area contributed by atoms with Crippen molar-refractivity contribution >= 4 is 22.7 Å². The first kappa shape index (κ1) is 24.0. The number of aromatic amines is 1. The summed E-state index contributed by atoms with van der Waals surface area (Å²) in [6.45, 7) is 3.45. The summed E-state index contributed by atoms with van der Waals surface area (Å²) in [5, 5.41) is 14.7. The van der Waals surface area contributed by atoms with E-state index in [1.54, 1.807) is 23.1 Å². The maximum atomic E-state index is 13.7. The first-order chi connectivity index (χ1) is 16.8. The Morgan fingerprint density at radius 2 is 2.11 bits per heavy atom. The van der Waals surface area contributed by atoms with Gasteiger partial charge in [0.2, 0.25) is 17.8 Å². The number of hydrogen-bond donors (Lipinski definition) is 3. The summed E-state index contributed by atoms with van der Waals surface area (Å²) in [6.07, 6.45) is 5.32. The topological polar surface area (TPSA) is 134 Å². The number of H-pyrrole nitrogens is 1. The van der Waals surface area contributed by atoms with Gasteiger partial charge in [-0.1, -0.05) is 6.92 Å². The summed E-state index contributed by atoms with van der Waals surface area (Å²) in [6, 6.07) is 0.0852. The molecular weight excluding hydrogens is 482 g/mol. The zero-order chi connectivity index (χ0) is 24.6. The van der Waals surface area contributed by atoms with Gasteiger partial charge in [-0.15, -0.1) is 5.10 Å². The predicted octanol–water partition coefficient (Wildman–Crippen LogP) is 2.77. The van der Waals surface area contributed by atoms with Crippen LogP contribution in [0.25, 0.3) is 16.9 Å². The highest BCUT2D eigenvalue weighted by Gasteiger charge is 2.36. The van der Waals surface area contributed by atoms with Gasteiger partial charge < -0.3 is 14.6 Å². The lowest BCUT2D eigenvalue weighted by Gasteiger charge is -2.36. The maximum absolute atomic E-state index is 13.7. The molecule has 4 heterocycles. The van der Waals surface area contributed by atoms with Crippen LogP contribution >= 0.6 is 0 Å². The molecule has 0 radical (unpaired) electrons. The first-order valence-electron chi connectivity index (χ1n) is 11.6. The normalized spacial score (nSPS) is 24.5. The van der Waals surface area contributed by atoms with Crippen LogP contribution in [0.15, 0.2) is 18.6 Å². The molecule has 190 valence electrons. The number of piperidine rings is 1. The number of fused-ring (bicyclic) bond motifs is 1. The summed E-state index contributed by atoms with van der Waals surface area (Å²) >= 11 is -1.86. The van der Waals surface area contributed by atoms with Gasteiger partial charge in [0.05, 0.1) is 12.4 Å². The lowest BCUT2D eigenvalue weighted by atomic mass is 9.94. The van der Waals surface area contributed by atoms with Crippen LogP contribution in [0.3, 0.4) is 0 Å². The fraction of sp³-hybridized carbons (Fsp3) is 0.619. The number of aromatic nitrogens is 6. The standard InChI is InChI=1S/C21H28F2N8O3S/c1-13-11-30(12-35(32)33)7-4-16(13)27-20-28-17-10-24-18(14-8-25-26-9-14)19(31(17)29-20)34-15-2-5-21(22,23)6-3-15/h8-10,13,15-16H,2-7,11-12H2,1H3,(H,25,26)(H,27,29)(H,32,33)/t13-,16+/m1/s1. The van der Waals surface area contributed by atoms with E-state index in [9.17, 15) is 13.0 Å². The summed E-state index contributed by atoms with van der Waals surface area (Å²) < 4.78 is 55.4. The number of halogens is 2. The van der Waals surface area contributed by atoms with Crippen molar-refractivity contribution in [3.05, 3.63) is 18.6 Å². The first-order valence-corrected chi connectivity index (χ1v) is 12.9. The molecule has 1 saturated heterocycles. The number of likely N-dealkylation sites (tertiary alicyclic amines) is 1. The maximum Gasteiger partial charge on any atom is 0.248 e. The number of nitrogens with zero attached hydrogens (tertiary/aromatic N) is 6. The van der Waals surface area contributed by atoms with Gasteiger partial charge in [0.1, 0.15) is 17.7 Å². The number of alkyl halides is 2. The van der Waals surface area contributed by atoms with Crippen molar-refractivity contribution in [1.29, 1.82) is 0 Å². The Bertz CT molecular complexity index is 1180. The zero-order valence-corrected chi connectivity index (χ0v) is 20.0. The van der Waals surface area contributed by atoms with Crippen molar-refractivity contribution in [1.82, 2.24) is 34.7 Å². The Morgan fingerprint density at radius 1 is 1.31 bits per heavy atom. The van der Waals surface area contributed by atoms with Crippen molar-refractivity contribution in [2.75, 3.05) is 24.3 Å². The van der Waals surface area contributed by atoms with Crippen LogP contribution in [-0.4, -0.2) is 80.5 Å². The second kappa shape index (κ2) is 9.74. The number of rotatable bonds is 7. The van der Waals surface area contributed by atoms with Crippen molar-refractivity contribution in [2.45, 2.75) is 57.1 Å². The predicted molar refractivity (Wildman–Crippen MR) is 125 cm³/mol. The van der Waals surface area contributed by atoms with Gasteiger partial charge in [-0.25, -0.2) is 18.0 Å². The molecule has 1 aliphatic heterocycles. The molecule has 11 nitrogen and oxygen atoms in total. The van der Waals surface area contributed by atoms with E-state index in [0.717, 1.165) is 6.42 Å². The van der Waals surface area contributed by atoms with Crippen LogP contribution in [0.2, 0.25) is 0 Å². The Hall–Kier alpha value is -2.71. The highest BCUT2D eigenvalue weighted by molar-refractivity contribution is 7.79. The van der Waals surface area contributed by atoms with E-state index in [0.29, 0.717) is 41.8 Å². The van der Waals surface area contributed by atoms with Gasteiger partial charge in [0, 0.05) is 43.7 Å². The number of nitrogens with one attached hydrogen (secondary N) is 2. The molecule has 0 amide bonds. The summed E-state index contributed by atoms with van der Waals surface area (Å²) in [5.74, 6) is -1.56. The smallest absolute Gasteiger partial charge is 0.248 e. The van der Waals surface area contributed by atoms with Gasteiger partial charge in [-0.3, -0.25) is 10.00 Å². The molecule has 0 aromatic carbocycles. The van der Waals surface area contributed by atoms with Gasteiger partial charge in [0.15, 0.2) is 16.7 Å². The third kappa shape index (κ3) is 5.43. The number of hydrogen-bond acceptors (Lipinski definition) is 8. The van der Waals surface area contributed by atoms with Crippen LogP contribution in [0.5, 0.6) is 5.88 Å². The Labute approximate surface area is 202 Å². The molecule has 35 heavy (non-hydrogen) atoms. The number of anilines is 1. The molecule has 0 spiro atoms. The minimum Gasteiger partial charge on any atom is -0.473 e. The average Bonchev–Trinajstić information content (AvgIpc) is 3.47. The van der Waals surface area contributed by atoms with E-state index in [4.69, 9.17) is 9.29 Å². The fourth-order valence-electron chi connectivity index (χ4n) is 4.76. The van der Waals surface area contributed by atoms with E-state index < -0.39 is 17.0 Å². The molecule has 3 aromatic heterocycles. The average molecular weight is 511 g/mol. The SMILES string of the molecule is C[C@@H]1CN(CS(=O)O)CC[C@@H]1Nc1nc2cnc(-c3cn[nH]c3)c(OC3CCC(F)(F)CC3)n2n1. The molecule has 14 heteroatoms. The Kier molecular flexibility index (Phi) is 6.68. The molecule has 2 aliphatic rings. The minimum atomic E-state index is -2.65. The third-order valence-corrected chi connectivity index (χ3v) is 7.23. The van der Waals surface area contributed by atoms with Crippen molar-refractivity contribution in [3.8, 4) is 17.1 Å². The van der Waals surface area contributed by atoms with Gasteiger partial charge in [-0.2, -0.15) is 14.6 Å². The Morgan fingerprint density at radius 3 is 2.80 bits per heavy atom. The molecule has 5 rings (SSSR count). The largest absolute Gasteiger partial charge is 0.473 e. The number of ether oxygens (including phenoxy) is 1. The zero-order valence-electron chi connectivity index (χ0n) is 19.2. The van der Waals surface area contributed by atoms with Crippen LogP contribution in [0.1, 0.15) is 39.0 Å². The van der Waals surface area contributed by atoms with Crippen LogP contribution < -0.4 is 10.1 Å². The van der Waals surface area contributed by atoms with Gasteiger partial charge in [0.25, 0.3) is 0 Å². The highest BCUT2D eigenvalue weighted by Crippen LogP contribution is 2.37.